The topological polar surface area (TPSA) is 15.9 Å². The number of rotatable bonds is 2. The summed E-state index contributed by atoms with van der Waals surface area (Å²) in [4.78, 5) is 4.69. The predicted octanol–water partition coefficient (Wildman–Crippen LogP) is 4.32. The normalized spacial score (nSPS) is 16.6. The Kier molecular flexibility index (Phi) is 2.97. The summed E-state index contributed by atoms with van der Waals surface area (Å²) in [6.45, 7) is 14.3. The lowest BCUT2D eigenvalue weighted by atomic mass is 9.99. The first-order valence-electron chi connectivity index (χ1n) is 7.18. The van der Waals surface area contributed by atoms with Crippen LogP contribution in [0.15, 0.2) is 36.1 Å². The smallest absolute Gasteiger partial charge is 0.218 e. The molecule has 1 aromatic heterocycles. The molecule has 0 N–H and O–H groups in total. The molecule has 2 nitrogen and oxygen atoms in total. The maximum atomic E-state index is 4.69. The zero-order valence-corrected chi connectivity index (χ0v) is 12.6. The summed E-state index contributed by atoms with van der Waals surface area (Å²) in [5.41, 5.74) is 9.71. The molecule has 0 spiro atoms. The molecule has 2 aliphatic heterocycles. The van der Waals surface area contributed by atoms with E-state index >= 15 is 0 Å². The van der Waals surface area contributed by atoms with E-state index in [1.807, 2.05) is 6.92 Å². The molecule has 0 aromatic carbocycles. The molecule has 1 aromatic rings. The van der Waals surface area contributed by atoms with Gasteiger partial charge in [-0.25, -0.2) is 0 Å². The molecule has 3 heterocycles. The molecule has 0 unspecified atom stereocenters. The highest BCUT2D eigenvalue weighted by Gasteiger charge is 2.35. The molecule has 3 rings (SSSR count). The number of hydrogen-bond acceptors (Lipinski definition) is 1. The number of fused-ring (bicyclic) bond motifs is 3. The van der Waals surface area contributed by atoms with E-state index in [0.717, 1.165) is 35.4 Å². The van der Waals surface area contributed by atoms with Gasteiger partial charge >= 0.3 is 0 Å². The summed E-state index contributed by atoms with van der Waals surface area (Å²) in [7, 11) is 0. The van der Waals surface area contributed by atoms with E-state index in [-0.39, 0.29) is 0 Å². The molecule has 0 amide bonds. The minimum atomic E-state index is 1.000. The van der Waals surface area contributed by atoms with E-state index in [0.29, 0.717) is 0 Å². The zero-order valence-electron chi connectivity index (χ0n) is 12.6. The van der Waals surface area contributed by atoms with Gasteiger partial charge in [0.1, 0.15) is 5.57 Å². The van der Waals surface area contributed by atoms with Crippen LogP contribution in [0.1, 0.15) is 43.6 Å². The van der Waals surface area contributed by atoms with Crippen molar-refractivity contribution in [1.29, 1.82) is 0 Å². The maximum absolute atomic E-state index is 4.69. The first kappa shape index (κ1) is 13.0. The molecular formula is C18H21N2+. The van der Waals surface area contributed by atoms with Gasteiger partial charge in [-0.2, -0.15) is 4.58 Å². The molecule has 0 bridgehead atoms. The zero-order chi connectivity index (χ0) is 14.4. The second-order valence-electron chi connectivity index (χ2n) is 5.86. The fourth-order valence-electron chi connectivity index (χ4n) is 3.03. The number of allylic oxidation sites excluding steroid dienone is 4. The van der Waals surface area contributed by atoms with Gasteiger partial charge in [0, 0.05) is 23.7 Å². The van der Waals surface area contributed by atoms with Gasteiger partial charge in [0.15, 0.2) is 6.21 Å². The molecule has 2 aliphatic rings. The van der Waals surface area contributed by atoms with Gasteiger partial charge in [-0.3, -0.25) is 4.98 Å². The van der Waals surface area contributed by atoms with Crippen LogP contribution in [0, 0.1) is 6.92 Å². The van der Waals surface area contributed by atoms with Crippen molar-refractivity contribution in [2.45, 2.75) is 40.0 Å². The Morgan fingerprint density at radius 1 is 1.20 bits per heavy atom. The van der Waals surface area contributed by atoms with Crippen molar-refractivity contribution in [3.05, 3.63) is 53.0 Å². The van der Waals surface area contributed by atoms with Crippen LogP contribution in [-0.2, 0) is 6.42 Å². The van der Waals surface area contributed by atoms with Crippen molar-refractivity contribution in [3.63, 3.8) is 0 Å². The Labute approximate surface area is 120 Å². The number of pyridine rings is 1. The Balaban J connectivity index is 2.15. The summed E-state index contributed by atoms with van der Waals surface area (Å²) in [5.74, 6) is 0. The summed E-state index contributed by atoms with van der Waals surface area (Å²) < 4.78 is 2.33. The summed E-state index contributed by atoms with van der Waals surface area (Å²) in [6, 6.07) is 2.18. The highest BCUT2D eigenvalue weighted by molar-refractivity contribution is 5.87. The van der Waals surface area contributed by atoms with Gasteiger partial charge in [-0.05, 0) is 44.8 Å². The van der Waals surface area contributed by atoms with Crippen LogP contribution in [0.2, 0.25) is 0 Å². The first-order valence-corrected chi connectivity index (χ1v) is 7.18. The third kappa shape index (κ3) is 1.87. The Hall–Kier alpha value is -1.96. The van der Waals surface area contributed by atoms with Crippen LogP contribution in [0.5, 0.6) is 0 Å². The number of nitrogens with zero attached hydrogens (tertiary/aromatic N) is 2. The van der Waals surface area contributed by atoms with Crippen molar-refractivity contribution in [1.82, 2.24) is 4.98 Å². The predicted molar refractivity (Wildman–Crippen MR) is 84.4 cm³/mol. The minimum absolute atomic E-state index is 1.000. The van der Waals surface area contributed by atoms with E-state index in [4.69, 9.17) is 4.98 Å². The Morgan fingerprint density at radius 3 is 2.60 bits per heavy atom. The summed E-state index contributed by atoms with van der Waals surface area (Å²) in [5, 5.41) is 0. The lowest BCUT2D eigenvalue weighted by Gasteiger charge is -2.17. The van der Waals surface area contributed by atoms with E-state index in [1.165, 1.54) is 28.9 Å². The second-order valence-corrected chi connectivity index (χ2v) is 5.86. The van der Waals surface area contributed by atoms with Crippen LogP contribution in [0.25, 0.3) is 5.57 Å². The van der Waals surface area contributed by atoms with E-state index in [2.05, 4.69) is 43.9 Å². The molecule has 0 saturated heterocycles. The standard InChI is InChI=1S/C18H21N2/c1-11(2)15-10-20-17(15)8-6-7-14-13(5)19-16(12(3)4)9-18(14)20/h9-10H,1,3,6-8H2,2,4-5H3/q+1. The molecule has 2 heteroatoms. The molecule has 20 heavy (non-hydrogen) atoms. The quantitative estimate of drug-likeness (QED) is 0.727. The highest BCUT2D eigenvalue weighted by atomic mass is 15.1. The number of aryl methyl sites for hydroxylation is 1. The van der Waals surface area contributed by atoms with Crippen molar-refractivity contribution in [3.8, 4) is 0 Å². The molecule has 0 saturated carbocycles. The first-order chi connectivity index (χ1) is 9.49. The van der Waals surface area contributed by atoms with Gasteiger partial charge in [-0.1, -0.05) is 13.2 Å². The Morgan fingerprint density at radius 2 is 1.95 bits per heavy atom. The van der Waals surface area contributed by atoms with Gasteiger partial charge in [0.2, 0.25) is 11.4 Å². The van der Waals surface area contributed by atoms with Gasteiger partial charge < -0.3 is 0 Å². The molecule has 0 aliphatic carbocycles. The summed E-state index contributed by atoms with van der Waals surface area (Å²) >= 11 is 0. The van der Waals surface area contributed by atoms with Crippen molar-refractivity contribution in [2.24, 2.45) is 0 Å². The molecular weight excluding hydrogens is 244 g/mol. The Bertz CT molecular complexity index is 702. The van der Waals surface area contributed by atoms with Gasteiger partial charge in [-0.15, -0.1) is 0 Å². The SMILES string of the molecule is C=C(C)C1=C2CCCc3c(cc(C(=C)C)nc3C)[N+]2=C1. The fraction of sp³-hybridized carbons (Fsp3) is 0.333. The molecule has 0 fully saturated rings. The number of hydrogen-bond donors (Lipinski definition) is 0. The largest absolute Gasteiger partial charge is 0.253 e. The van der Waals surface area contributed by atoms with E-state index in [9.17, 15) is 0 Å². The lowest BCUT2D eigenvalue weighted by Crippen LogP contribution is -2.21. The monoisotopic (exact) mass is 265 g/mol. The van der Waals surface area contributed by atoms with E-state index in [1.54, 1.807) is 0 Å². The average Bonchev–Trinajstić information content (AvgIpc) is 2.46. The van der Waals surface area contributed by atoms with Crippen molar-refractivity contribution < 1.29 is 4.58 Å². The van der Waals surface area contributed by atoms with Gasteiger partial charge in [0.05, 0.1) is 5.69 Å². The maximum Gasteiger partial charge on any atom is 0.218 e. The van der Waals surface area contributed by atoms with Crippen LogP contribution < -0.4 is 0 Å². The lowest BCUT2D eigenvalue weighted by molar-refractivity contribution is -0.394. The molecule has 0 atom stereocenters. The van der Waals surface area contributed by atoms with Crippen molar-refractivity contribution in [2.75, 3.05) is 0 Å². The average molecular weight is 265 g/mol. The molecule has 0 radical (unpaired) electrons. The van der Waals surface area contributed by atoms with Crippen LogP contribution in [-0.4, -0.2) is 15.8 Å². The summed E-state index contributed by atoms with van der Waals surface area (Å²) in [6.07, 6.45) is 5.61. The van der Waals surface area contributed by atoms with Crippen LogP contribution in [0.3, 0.4) is 0 Å². The van der Waals surface area contributed by atoms with Gasteiger partial charge in [0.25, 0.3) is 0 Å². The third-order valence-corrected chi connectivity index (χ3v) is 4.16. The van der Waals surface area contributed by atoms with E-state index < -0.39 is 0 Å². The van der Waals surface area contributed by atoms with Crippen LogP contribution >= 0.6 is 0 Å². The highest BCUT2D eigenvalue weighted by Crippen LogP contribution is 2.38. The van der Waals surface area contributed by atoms with Crippen LogP contribution in [0.4, 0.5) is 5.69 Å². The third-order valence-electron chi connectivity index (χ3n) is 4.16. The second kappa shape index (κ2) is 4.55. The minimum Gasteiger partial charge on any atom is -0.253 e. The fourth-order valence-corrected chi connectivity index (χ4v) is 3.03. The van der Waals surface area contributed by atoms with Crippen molar-refractivity contribution >= 4 is 17.5 Å². The number of aromatic nitrogens is 1. The molecule has 102 valence electrons.